The van der Waals surface area contributed by atoms with E-state index in [9.17, 15) is 0 Å². The van der Waals surface area contributed by atoms with Crippen molar-refractivity contribution in [3.8, 4) is 5.75 Å². The summed E-state index contributed by atoms with van der Waals surface area (Å²) in [4.78, 5) is 2.44. The average Bonchev–Trinajstić information content (AvgIpc) is 2.32. The van der Waals surface area contributed by atoms with E-state index in [-0.39, 0.29) is 0 Å². The van der Waals surface area contributed by atoms with E-state index in [4.69, 9.17) is 14.7 Å². The molecule has 1 aromatic rings. The fourth-order valence-corrected chi connectivity index (χ4v) is 2.17. The van der Waals surface area contributed by atoms with Crippen molar-refractivity contribution in [2.24, 2.45) is 0 Å². The summed E-state index contributed by atoms with van der Waals surface area (Å²) in [6, 6.07) is 7.45. The maximum Gasteiger partial charge on any atom is 0.707 e. The van der Waals surface area contributed by atoms with Gasteiger partial charge in [0, 0.05) is 6.54 Å². The van der Waals surface area contributed by atoms with Crippen LogP contribution in [0.15, 0.2) is 24.3 Å². The van der Waals surface area contributed by atoms with E-state index < -0.39 is 7.32 Å². The Morgan fingerprint density at radius 3 is 2.29 bits per heavy atom. The summed E-state index contributed by atoms with van der Waals surface area (Å²) >= 11 is 0. The zero-order valence-electron chi connectivity index (χ0n) is 9.88. The van der Waals surface area contributed by atoms with Gasteiger partial charge in [0.15, 0.2) is 0 Å². The molecule has 1 aromatic carbocycles. The average molecular weight is 235 g/mol. The molecule has 0 atom stereocenters. The first-order valence-corrected chi connectivity index (χ1v) is 6.08. The van der Waals surface area contributed by atoms with Crippen LogP contribution in [0.2, 0.25) is 0 Å². The van der Waals surface area contributed by atoms with Crippen LogP contribution in [0.5, 0.6) is 5.75 Å². The molecule has 0 saturated carbocycles. The monoisotopic (exact) mass is 235 g/mol. The van der Waals surface area contributed by atoms with Gasteiger partial charge in [-0.3, -0.25) is 4.90 Å². The smallest absolute Gasteiger partial charge is 0.512 e. The molecule has 0 aliphatic carbocycles. The summed E-state index contributed by atoms with van der Waals surface area (Å²) in [5.41, 5.74) is 1.23. The minimum Gasteiger partial charge on any atom is -0.512 e. The van der Waals surface area contributed by atoms with Crippen molar-refractivity contribution >= 4 is 7.32 Å². The van der Waals surface area contributed by atoms with Crippen molar-refractivity contribution in [2.45, 2.75) is 25.8 Å². The van der Waals surface area contributed by atoms with Crippen LogP contribution in [-0.2, 0) is 6.54 Å². The van der Waals surface area contributed by atoms with Crippen LogP contribution in [0.1, 0.15) is 24.8 Å². The van der Waals surface area contributed by atoms with Crippen LogP contribution in [0.25, 0.3) is 0 Å². The highest BCUT2D eigenvalue weighted by Gasteiger charge is 2.12. The summed E-state index contributed by atoms with van der Waals surface area (Å²) in [7, 11) is -1.75. The van der Waals surface area contributed by atoms with Gasteiger partial charge in [0.1, 0.15) is 5.75 Å². The highest BCUT2D eigenvalue weighted by Crippen LogP contribution is 2.16. The predicted molar refractivity (Wildman–Crippen MR) is 66.4 cm³/mol. The number of piperidine rings is 1. The Bertz CT molecular complexity index is 336. The minimum atomic E-state index is -1.75. The lowest BCUT2D eigenvalue weighted by Gasteiger charge is -2.26. The lowest BCUT2D eigenvalue weighted by molar-refractivity contribution is 0.221. The first-order valence-electron chi connectivity index (χ1n) is 6.08. The van der Waals surface area contributed by atoms with Crippen LogP contribution in [0.4, 0.5) is 0 Å². The third kappa shape index (κ3) is 4.04. The summed E-state index contributed by atoms with van der Waals surface area (Å²) < 4.78 is 4.76. The quantitative estimate of drug-likeness (QED) is 0.765. The number of hydrogen-bond acceptors (Lipinski definition) is 4. The fraction of sp³-hybridized carbons (Fsp3) is 0.500. The summed E-state index contributed by atoms with van der Waals surface area (Å²) in [6.45, 7) is 3.31. The Kier molecular flexibility index (Phi) is 4.42. The van der Waals surface area contributed by atoms with Crippen LogP contribution in [0, 0.1) is 0 Å². The normalized spacial score (nSPS) is 16.8. The number of benzene rings is 1. The van der Waals surface area contributed by atoms with Crippen molar-refractivity contribution in [3.05, 3.63) is 29.8 Å². The molecule has 0 spiro atoms. The molecule has 1 heterocycles. The Balaban J connectivity index is 1.88. The second-order valence-electron chi connectivity index (χ2n) is 4.42. The van der Waals surface area contributed by atoms with E-state index in [1.807, 2.05) is 12.1 Å². The molecule has 0 bridgehead atoms. The van der Waals surface area contributed by atoms with Crippen molar-refractivity contribution in [3.63, 3.8) is 0 Å². The Hall–Kier alpha value is -1.04. The van der Waals surface area contributed by atoms with E-state index in [1.165, 1.54) is 37.9 Å². The van der Waals surface area contributed by atoms with E-state index in [0.29, 0.717) is 5.75 Å². The second kappa shape index (κ2) is 6.05. The van der Waals surface area contributed by atoms with Gasteiger partial charge in [0.2, 0.25) is 0 Å². The molecule has 1 saturated heterocycles. The zero-order chi connectivity index (χ0) is 12.1. The molecule has 1 aliphatic rings. The molecule has 2 N–H and O–H groups in total. The summed E-state index contributed by atoms with van der Waals surface area (Å²) in [5.74, 6) is 0.474. The Labute approximate surface area is 102 Å². The Morgan fingerprint density at radius 1 is 1.06 bits per heavy atom. The molecular formula is C12H18BNO3. The molecule has 1 aliphatic heterocycles. The zero-order valence-corrected chi connectivity index (χ0v) is 9.88. The topological polar surface area (TPSA) is 52.9 Å². The SMILES string of the molecule is OB(O)Oc1ccc(CN2CCCCC2)cc1. The lowest BCUT2D eigenvalue weighted by atomic mass is 10.1. The maximum absolute atomic E-state index is 8.66. The molecule has 5 heteroatoms. The standard InChI is InChI=1S/C12H18BNO3/c15-13(16)17-12-6-4-11(5-7-12)10-14-8-2-1-3-9-14/h4-7,15-16H,1-3,8-10H2. The molecule has 1 fully saturated rings. The van der Waals surface area contributed by atoms with Gasteiger partial charge in [0.05, 0.1) is 0 Å². The van der Waals surface area contributed by atoms with Crippen LogP contribution in [0.3, 0.4) is 0 Å². The van der Waals surface area contributed by atoms with Gasteiger partial charge in [-0.1, -0.05) is 18.6 Å². The van der Waals surface area contributed by atoms with Gasteiger partial charge in [-0.25, -0.2) is 0 Å². The summed E-state index contributed by atoms with van der Waals surface area (Å²) in [5, 5.41) is 17.3. The second-order valence-corrected chi connectivity index (χ2v) is 4.42. The third-order valence-corrected chi connectivity index (χ3v) is 3.02. The molecular weight excluding hydrogens is 217 g/mol. The first-order chi connectivity index (χ1) is 8.24. The van der Waals surface area contributed by atoms with Gasteiger partial charge in [-0.05, 0) is 43.6 Å². The van der Waals surface area contributed by atoms with Crippen molar-refractivity contribution in [1.29, 1.82) is 0 Å². The van der Waals surface area contributed by atoms with Gasteiger partial charge in [-0.15, -0.1) is 0 Å². The van der Waals surface area contributed by atoms with E-state index in [0.717, 1.165) is 6.54 Å². The van der Waals surface area contributed by atoms with E-state index in [2.05, 4.69) is 4.90 Å². The molecule has 0 radical (unpaired) electrons. The number of nitrogens with zero attached hydrogens (tertiary/aromatic N) is 1. The van der Waals surface area contributed by atoms with Crippen LogP contribution >= 0.6 is 0 Å². The van der Waals surface area contributed by atoms with E-state index in [1.54, 1.807) is 12.1 Å². The van der Waals surface area contributed by atoms with E-state index >= 15 is 0 Å². The van der Waals surface area contributed by atoms with Gasteiger partial charge >= 0.3 is 7.32 Å². The maximum atomic E-state index is 8.66. The third-order valence-electron chi connectivity index (χ3n) is 3.02. The molecule has 17 heavy (non-hydrogen) atoms. The molecule has 0 unspecified atom stereocenters. The molecule has 0 aromatic heterocycles. The largest absolute Gasteiger partial charge is 0.707 e. The molecule has 0 amide bonds. The number of likely N-dealkylation sites (tertiary alicyclic amines) is 1. The predicted octanol–water partition coefficient (Wildman–Crippen LogP) is 1.02. The number of rotatable bonds is 4. The van der Waals surface area contributed by atoms with Crippen molar-refractivity contribution < 1.29 is 14.7 Å². The Morgan fingerprint density at radius 2 is 1.71 bits per heavy atom. The molecule has 4 nitrogen and oxygen atoms in total. The molecule has 2 rings (SSSR count). The highest BCUT2D eigenvalue weighted by molar-refractivity contribution is 6.33. The van der Waals surface area contributed by atoms with Gasteiger partial charge in [0.25, 0.3) is 0 Å². The highest BCUT2D eigenvalue weighted by atomic mass is 16.6. The minimum absolute atomic E-state index is 0.474. The first kappa shape index (κ1) is 12.4. The van der Waals surface area contributed by atoms with Crippen molar-refractivity contribution in [1.82, 2.24) is 4.90 Å². The summed E-state index contributed by atoms with van der Waals surface area (Å²) in [6.07, 6.45) is 3.92. The lowest BCUT2D eigenvalue weighted by Crippen LogP contribution is -2.29. The fourth-order valence-electron chi connectivity index (χ4n) is 2.17. The van der Waals surface area contributed by atoms with Crippen molar-refractivity contribution in [2.75, 3.05) is 13.1 Å². The molecule has 92 valence electrons. The van der Waals surface area contributed by atoms with Gasteiger partial charge in [-0.2, -0.15) is 0 Å². The van der Waals surface area contributed by atoms with Gasteiger partial charge < -0.3 is 14.7 Å². The van der Waals surface area contributed by atoms with Crippen LogP contribution in [-0.4, -0.2) is 35.4 Å². The van der Waals surface area contributed by atoms with Crippen LogP contribution < -0.4 is 4.65 Å². The number of hydrogen-bond donors (Lipinski definition) is 2.